The van der Waals surface area contributed by atoms with Crippen molar-refractivity contribution < 1.29 is 9.32 Å². The molecule has 0 saturated carbocycles. The molecule has 2 N–H and O–H groups in total. The van der Waals surface area contributed by atoms with E-state index in [0.29, 0.717) is 11.4 Å². The first-order valence-electron chi connectivity index (χ1n) is 8.55. The average molecular weight is 391 g/mol. The number of benzene rings is 2. The summed E-state index contributed by atoms with van der Waals surface area (Å²) in [6.07, 6.45) is 3.67. The number of halogens is 1. The summed E-state index contributed by atoms with van der Waals surface area (Å²) in [5, 5.41) is 12.4. The molecule has 3 aromatic rings. The van der Waals surface area contributed by atoms with Crippen LogP contribution in [0.25, 0.3) is 10.9 Å². The molecule has 0 saturated heterocycles. The van der Waals surface area contributed by atoms with Crippen LogP contribution in [0.3, 0.4) is 0 Å². The molecule has 2 aromatic carbocycles. The van der Waals surface area contributed by atoms with Gasteiger partial charge < -0.3 is 14.4 Å². The van der Waals surface area contributed by atoms with Gasteiger partial charge in [0.15, 0.2) is 0 Å². The van der Waals surface area contributed by atoms with E-state index in [4.69, 9.17) is 11.6 Å². The highest BCUT2D eigenvalue weighted by atomic mass is 35.5. The number of nitrogens with one attached hydrogen (secondary N) is 1. The summed E-state index contributed by atoms with van der Waals surface area (Å²) in [5.41, 5.74) is 2.15. The van der Waals surface area contributed by atoms with Gasteiger partial charge in [0.05, 0.1) is 22.8 Å². The van der Waals surface area contributed by atoms with Gasteiger partial charge >= 0.3 is 0 Å². The Morgan fingerprint density at radius 1 is 1.23 bits per heavy atom. The lowest BCUT2D eigenvalue weighted by Crippen LogP contribution is -2.43. The van der Waals surface area contributed by atoms with Crippen LogP contribution in [-0.4, -0.2) is 26.2 Å². The second kappa shape index (κ2) is 7.43. The maximum absolute atomic E-state index is 11.6. The van der Waals surface area contributed by atoms with E-state index in [-0.39, 0.29) is 0 Å². The van der Waals surface area contributed by atoms with Crippen LogP contribution < -0.4 is 4.72 Å². The van der Waals surface area contributed by atoms with Gasteiger partial charge in [-0.3, -0.25) is 0 Å². The fourth-order valence-corrected chi connectivity index (χ4v) is 4.36. The number of fused-ring (bicyclic) bond motifs is 1. The number of aromatic nitrogens is 1. The maximum Gasteiger partial charge on any atom is 0.113 e. The normalized spacial score (nSPS) is 16.2. The maximum atomic E-state index is 11.6. The predicted molar refractivity (Wildman–Crippen MR) is 110 cm³/mol. The van der Waals surface area contributed by atoms with E-state index in [1.807, 2.05) is 61.7 Å². The van der Waals surface area contributed by atoms with E-state index in [2.05, 4.69) is 16.2 Å². The van der Waals surface area contributed by atoms with Crippen LogP contribution in [0.1, 0.15) is 25.8 Å². The van der Waals surface area contributed by atoms with E-state index in [0.717, 1.165) is 22.2 Å². The second-order valence-corrected chi connectivity index (χ2v) is 7.99. The fourth-order valence-electron chi connectivity index (χ4n) is 3.75. The summed E-state index contributed by atoms with van der Waals surface area (Å²) in [5.74, 6) is 0. The molecular weight excluding hydrogens is 368 g/mol. The molecule has 0 amide bonds. The zero-order valence-corrected chi connectivity index (χ0v) is 16.6. The molecule has 1 aromatic heterocycles. The first-order chi connectivity index (χ1) is 12.4. The molecule has 4 nitrogen and oxygen atoms in total. The number of nitrogens with zero attached hydrogens (tertiary/aromatic N) is 1. The number of rotatable bonds is 6. The third-order valence-electron chi connectivity index (χ3n) is 4.99. The highest BCUT2D eigenvalue weighted by molar-refractivity contribution is 7.85. The Balaban J connectivity index is 2.25. The number of hydrogen-bond donors (Lipinski definition) is 2. The Hall–Kier alpha value is -1.82. The van der Waals surface area contributed by atoms with E-state index in [9.17, 15) is 9.32 Å². The molecule has 3 atom stereocenters. The van der Waals surface area contributed by atoms with Gasteiger partial charge in [0.1, 0.15) is 11.0 Å². The van der Waals surface area contributed by atoms with Gasteiger partial charge in [0, 0.05) is 22.9 Å². The van der Waals surface area contributed by atoms with Gasteiger partial charge in [-0.25, -0.2) is 4.21 Å². The zero-order valence-electron chi connectivity index (χ0n) is 15.1. The van der Waals surface area contributed by atoms with Crippen molar-refractivity contribution in [3.8, 4) is 0 Å². The van der Waals surface area contributed by atoms with Crippen LogP contribution in [-0.2, 0) is 16.5 Å². The van der Waals surface area contributed by atoms with Crippen molar-refractivity contribution in [3.05, 3.63) is 65.3 Å². The summed E-state index contributed by atoms with van der Waals surface area (Å²) in [6.45, 7) is 3.88. The van der Waals surface area contributed by atoms with Crippen molar-refractivity contribution in [3.63, 3.8) is 0 Å². The summed E-state index contributed by atoms with van der Waals surface area (Å²) in [6, 6.07) is 15.5. The van der Waals surface area contributed by atoms with E-state index in [1.165, 1.54) is 0 Å². The van der Waals surface area contributed by atoms with Crippen LogP contribution >= 0.6 is 11.6 Å². The standard InChI is InChI=1S/C20H23ClN2O2S/c1-4-20(14(2)24,15-8-10-16(21)11-9-15)23-13-12-17-18(22-26(3)25)6-5-7-19(17)23/h5-14,22,24H,4H2,1-3H3. The lowest BCUT2D eigenvalue weighted by Gasteiger charge is -2.39. The first-order valence-corrected chi connectivity index (χ1v) is 10.5. The highest BCUT2D eigenvalue weighted by Gasteiger charge is 2.38. The lowest BCUT2D eigenvalue weighted by atomic mass is 9.82. The smallest absolute Gasteiger partial charge is 0.113 e. The number of anilines is 1. The molecule has 0 radical (unpaired) electrons. The molecule has 1 heterocycles. The Labute approximate surface area is 161 Å². The molecule has 26 heavy (non-hydrogen) atoms. The van der Waals surface area contributed by atoms with E-state index < -0.39 is 22.6 Å². The van der Waals surface area contributed by atoms with Crippen molar-refractivity contribution in [1.82, 2.24) is 4.57 Å². The Morgan fingerprint density at radius 2 is 1.92 bits per heavy atom. The zero-order chi connectivity index (χ0) is 18.9. The van der Waals surface area contributed by atoms with E-state index in [1.54, 1.807) is 6.26 Å². The average Bonchev–Trinajstić information content (AvgIpc) is 3.02. The quantitative estimate of drug-likeness (QED) is 0.649. The fraction of sp³-hybridized carbons (Fsp3) is 0.300. The largest absolute Gasteiger partial charge is 0.391 e. The molecule has 0 aliphatic carbocycles. The van der Waals surface area contributed by atoms with Gasteiger partial charge in [-0.2, -0.15) is 0 Å². The second-order valence-electron chi connectivity index (χ2n) is 6.44. The van der Waals surface area contributed by atoms with Gasteiger partial charge in [0.2, 0.25) is 0 Å². The summed E-state index contributed by atoms with van der Waals surface area (Å²) in [7, 11) is -1.16. The van der Waals surface area contributed by atoms with Crippen molar-refractivity contribution in [2.45, 2.75) is 31.9 Å². The molecular formula is C20H23ClN2O2S. The summed E-state index contributed by atoms with van der Waals surface area (Å²) >= 11 is 6.07. The van der Waals surface area contributed by atoms with Gasteiger partial charge in [-0.15, -0.1) is 0 Å². The van der Waals surface area contributed by atoms with Crippen LogP contribution in [0.5, 0.6) is 0 Å². The Kier molecular flexibility index (Phi) is 5.42. The third kappa shape index (κ3) is 3.15. The monoisotopic (exact) mass is 390 g/mol. The molecule has 138 valence electrons. The van der Waals surface area contributed by atoms with Crippen molar-refractivity contribution in [1.29, 1.82) is 0 Å². The SMILES string of the molecule is CCC(c1ccc(Cl)cc1)(C(C)O)n1ccc2c(NS(C)=O)cccc21. The molecule has 0 aliphatic heterocycles. The molecule has 0 spiro atoms. The first kappa shape index (κ1) is 19.0. The van der Waals surface area contributed by atoms with Gasteiger partial charge in [-0.05, 0) is 49.2 Å². The molecule has 3 unspecified atom stereocenters. The minimum atomic E-state index is -1.16. The Morgan fingerprint density at radius 3 is 2.50 bits per heavy atom. The Bertz CT molecular complexity index is 937. The van der Waals surface area contributed by atoms with Crippen molar-refractivity contribution in [2.75, 3.05) is 11.0 Å². The predicted octanol–water partition coefficient (Wildman–Crippen LogP) is 4.53. The minimum absolute atomic E-state index is 0.624. The lowest BCUT2D eigenvalue weighted by molar-refractivity contribution is 0.0754. The number of aliphatic hydroxyl groups excluding tert-OH is 1. The summed E-state index contributed by atoms with van der Waals surface area (Å²) in [4.78, 5) is 0. The molecule has 0 bridgehead atoms. The molecule has 6 heteroatoms. The third-order valence-corrected chi connectivity index (χ3v) is 5.75. The van der Waals surface area contributed by atoms with Crippen LogP contribution in [0.2, 0.25) is 5.02 Å². The van der Waals surface area contributed by atoms with E-state index >= 15 is 0 Å². The molecule has 0 fully saturated rings. The topological polar surface area (TPSA) is 54.3 Å². The van der Waals surface area contributed by atoms with Crippen molar-refractivity contribution >= 4 is 39.2 Å². The number of aliphatic hydroxyl groups is 1. The van der Waals surface area contributed by atoms with Crippen LogP contribution in [0, 0.1) is 0 Å². The van der Waals surface area contributed by atoms with Crippen LogP contribution in [0.4, 0.5) is 5.69 Å². The molecule has 3 rings (SSSR count). The van der Waals surface area contributed by atoms with Gasteiger partial charge in [-0.1, -0.05) is 36.7 Å². The highest BCUT2D eigenvalue weighted by Crippen LogP contribution is 2.39. The summed E-state index contributed by atoms with van der Waals surface area (Å²) < 4.78 is 16.7. The minimum Gasteiger partial charge on any atom is -0.391 e. The van der Waals surface area contributed by atoms with Crippen LogP contribution in [0.15, 0.2) is 54.7 Å². The van der Waals surface area contributed by atoms with Crippen molar-refractivity contribution in [2.24, 2.45) is 0 Å². The number of hydrogen-bond acceptors (Lipinski definition) is 2. The van der Waals surface area contributed by atoms with Gasteiger partial charge in [0.25, 0.3) is 0 Å². The molecule has 0 aliphatic rings.